The molecule has 2 aliphatic rings. The fourth-order valence-corrected chi connectivity index (χ4v) is 3.37. The van der Waals surface area contributed by atoms with E-state index in [2.05, 4.69) is 31.7 Å². The van der Waals surface area contributed by atoms with Gasteiger partial charge in [-0.15, -0.1) is 0 Å². The highest BCUT2D eigenvalue weighted by Gasteiger charge is 2.50. The molecule has 0 aromatic carbocycles. The van der Waals surface area contributed by atoms with Crippen LogP contribution in [0.3, 0.4) is 0 Å². The molecule has 1 atom stereocenters. The molecule has 2 rings (SSSR count). The zero-order valence-electron chi connectivity index (χ0n) is 12.4. The molecular weight excluding hydrogens is 238 g/mol. The van der Waals surface area contributed by atoms with Gasteiger partial charge in [-0.2, -0.15) is 5.26 Å². The number of carbonyl (C=O) groups excluding carboxylic acids is 1. The normalized spacial score (nSPS) is 33.4. The van der Waals surface area contributed by atoms with Gasteiger partial charge in [-0.05, 0) is 32.1 Å². The molecule has 1 heterocycles. The third-order valence-corrected chi connectivity index (χ3v) is 4.83. The van der Waals surface area contributed by atoms with E-state index in [0.717, 1.165) is 45.4 Å². The van der Waals surface area contributed by atoms with Crippen molar-refractivity contribution < 1.29 is 4.79 Å². The molecule has 2 fully saturated rings. The van der Waals surface area contributed by atoms with Crippen LogP contribution in [0.1, 0.15) is 40.0 Å². The highest BCUT2D eigenvalue weighted by atomic mass is 16.2. The number of carbonyl (C=O) groups is 1. The average molecular weight is 263 g/mol. The van der Waals surface area contributed by atoms with Gasteiger partial charge in [0.05, 0.1) is 6.07 Å². The smallest absolute Gasteiger partial charge is 0.243 e. The number of hydrogen-bond acceptors (Lipinski definition) is 3. The molecule has 0 aromatic rings. The van der Waals surface area contributed by atoms with E-state index in [4.69, 9.17) is 0 Å². The van der Waals surface area contributed by atoms with E-state index in [1.165, 1.54) is 0 Å². The van der Waals surface area contributed by atoms with Crippen molar-refractivity contribution in [2.45, 2.75) is 46.1 Å². The van der Waals surface area contributed by atoms with Crippen LogP contribution in [0.5, 0.6) is 0 Å². The summed E-state index contributed by atoms with van der Waals surface area (Å²) >= 11 is 0. The highest BCUT2D eigenvalue weighted by molar-refractivity contribution is 5.86. The number of hydrogen-bond donors (Lipinski definition) is 0. The zero-order valence-corrected chi connectivity index (χ0v) is 12.4. The molecule has 4 nitrogen and oxygen atoms in total. The minimum absolute atomic E-state index is 0.0805. The van der Waals surface area contributed by atoms with Crippen LogP contribution in [0.25, 0.3) is 0 Å². The zero-order chi connectivity index (χ0) is 14.0. The molecule has 19 heavy (non-hydrogen) atoms. The van der Waals surface area contributed by atoms with Gasteiger partial charge >= 0.3 is 0 Å². The maximum atomic E-state index is 12.5. The first-order valence-electron chi connectivity index (χ1n) is 7.47. The maximum Gasteiger partial charge on any atom is 0.243 e. The van der Waals surface area contributed by atoms with Crippen molar-refractivity contribution >= 4 is 5.91 Å². The largest absolute Gasteiger partial charge is 0.339 e. The quantitative estimate of drug-likeness (QED) is 0.781. The van der Waals surface area contributed by atoms with Crippen LogP contribution in [0.4, 0.5) is 0 Å². The molecule has 1 amide bonds. The molecule has 1 saturated heterocycles. The van der Waals surface area contributed by atoms with Gasteiger partial charge in [0.2, 0.25) is 5.91 Å². The maximum absolute atomic E-state index is 12.5. The SMILES string of the molecule is CCC(C)N1CCN(C(=O)C2(C#N)CC(C)C2)CC1. The van der Waals surface area contributed by atoms with Gasteiger partial charge in [0, 0.05) is 32.2 Å². The lowest BCUT2D eigenvalue weighted by Gasteiger charge is -2.45. The van der Waals surface area contributed by atoms with Crippen molar-refractivity contribution in [1.82, 2.24) is 9.80 Å². The summed E-state index contributed by atoms with van der Waals surface area (Å²) < 4.78 is 0. The third kappa shape index (κ3) is 2.62. The molecule has 1 aliphatic carbocycles. The minimum atomic E-state index is -0.696. The van der Waals surface area contributed by atoms with Crippen LogP contribution in [0.2, 0.25) is 0 Å². The number of nitrogens with zero attached hydrogens (tertiary/aromatic N) is 3. The van der Waals surface area contributed by atoms with Crippen LogP contribution in [-0.4, -0.2) is 47.9 Å². The summed E-state index contributed by atoms with van der Waals surface area (Å²) in [6.07, 6.45) is 2.63. The Bertz CT molecular complexity index is 373. The molecule has 1 saturated carbocycles. The van der Waals surface area contributed by atoms with E-state index < -0.39 is 5.41 Å². The van der Waals surface area contributed by atoms with Gasteiger partial charge in [0.1, 0.15) is 5.41 Å². The van der Waals surface area contributed by atoms with Gasteiger partial charge < -0.3 is 4.90 Å². The Morgan fingerprint density at radius 2 is 1.95 bits per heavy atom. The molecule has 1 unspecified atom stereocenters. The van der Waals surface area contributed by atoms with E-state index in [0.29, 0.717) is 12.0 Å². The second-order valence-electron chi connectivity index (χ2n) is 6.29. The molecule has 1 aliphatic heterocycles. The van der Waals surface area contributed by atoms with Gasteiger partial charge in [-0.3, -0.25) is 9.69 Å². The second kappa shape index (κ2) is 5.50. The summed E-state index contributed by atoms with van der Waals surface area (Å²) in [7, 11) is 0. The first-order chi connectivity index (χ1) is 9.02. The molecule has 0 spiro atoms. The monoisotopic (exact) mass is 263 g/mol. The molecule has 0 N–H and O–H groups in total. The van der Waals surface area contributed by atoms with Gasteiger partial charge in [-0.1, -0.05) is 13.8 Å². The van der Waals surface area contributed by atoms with E-state index in [-0.39, 0.29) is 5.91 Å². The number of piperazine rings is 1. The topological polar surface area (TPSA) is 47.3 Å². The number of amides is 1. The lowest BCUT2D eigenvalue weighted by Crippen LogP contribution is -2.57. The lowest BCUT2D eigenvalue weighted by molar-refractivity contribution is -0.147. The molecule has 106 valence electrons. The fraction of sp³-hybridized carbons (Fsp3) is 0.867. The summed E-state index contributed by atoms with van der Waals surface area (Å²) in [6, 6.07) is 2.87. The summed E-state index contributed by atoms with van der Waals surface area (Å²) in [5.74, 6) is 0.599. The Balaban J connectivity index is 1.91. The van der Waals surface area contributed by atoms with E-state index in [1.54, 1.807) is 0 Å². The van der Waals surface area contributed by atoms with Gasteiger partial charge in [0.15, 0.2) is 0 Å². The van der Waals surface area contributed by atoms with E-state index in [1.807, 2.05) is 4.90 Å². The molecule has 0 aromatic heterocycles. The second-order valence-corrected chi connectivity index (χ2v) is 6.29. The van der Waals surface area contributed by atoms with Crippen LogP contribution < -0.4 is 0 Å². The Kier molecular flexibility index (Phi) is 4.15. The van der Waals surface area contributed by atoms with Gasteiger partial charge in [0.25, 0.3) is 0 Å². The Morgan fingerprint density at radius 3 is 2.37 bits per heavy atom. The van der Waals surface area contributed by atoms with Crippen molar-refractivity contribution in [1.29, 1.82) is 5.26 Å². The van der Waals surface area contributed by atoms with Gasteiger partial charge in [-0.25, -0.2) is 0 Å². The summed E-state index contributed by atoms with van der Waals surface area (Å²) in [4.78, 5) is 16.9. The predicted molar refractivity (Wildman–Crippen MR) is 74.4 cm³/mol. The number of nitriles is 1. The Morgan fingerprint density at radius 1 is 1.37 bits per heavy atom. The van der Waals surface area contributed by atoms with Crippen molar-refractivity contribution in [3.05, 3.63) is 0 Å². The third-order valence-electron chi connectivity index (χ3n) is 4.83. The molecule has 0 bridgehead atoms. The average Bonchev–Trinajstić information content (AvgIpc) is 2.42. The first-order valence-corrected chi connectivity index (χ1v) is 7.47. The summed E-state index contributed by atoms with van der Waals surface area (Å²) in [6.45, 7) is 9.99. The molecular formula is C15H25N3O. The highest BCUT2D eigenvalue weighted by Crippen LogP contribution is 2.46. The van der Waals surface area contributed by atoms with Crippen molar-refractivity contribution in [2.24, 2.45) is 11.3 Å². The van der Waals surface area contributed by atoms with Crippen LogP contribution >= 0.6 is 0 Å². The van der Waals surface area contributed by atoms with Crippen molar-refractivity contribution in [2.75, 3.05) is 26.2 Å². The fourth-order valence-electron chi connectivity index (χ4n) is 3.37. The Hall–Kier alpha value is -1.08. The summed E-state index contributed by atoms with van der Waals surface area (Å²) in [5.41, 5.74) is -0.696. The predicted octanol–water partition coefficient (Wildman–Crippen LogP) is 1.87. The van der Waals surface area contributed by atoms with E-state index >= 15 is 0 Å². The van der Waals surface area contributed by atoms with Crippen LogP contribution in [0.15, 0.2) is 0 Å². The van der Waals surface area contributed by atoms with Crippen molar-refractivity contribution in [3.63, 3.8) is 0 Å². The molecule has 4 heteroatoms. The first kappa shape index (κ1) is 14.3. The van der Waals surface area contributed by atoms with Crippen LogP contribution in [0, 0.1) is 22.7 Å². The standard InChI is InChI=1S/C15H25N3O/c1-4-13(3)17-5-7-18(8-6-17)14(19)15(11-16)9-12(2)10-15/h12-13H,4-10H2,1-3H3. The van der Waals surface area contributed by atoms with Crippen LogP contribution in [-0.2, 0) is 4.79 Å². The molecule has 0 radical (unpaired) electrons. The van der Waals surface area contributed by atoms with Crippen molar-refractivity contribution in [3.8, 4) is 6.07 Å². The minimum Gasteiger partial charge on any atom is -0.339 e. The summed E-state index contributed by atoms with van der Waals surface area (Å²) in [5, 5.41) is 9.33. The lowest BCUT2D eigenvalue weighted by atomic mass is 9.62. The number of rotatable bonds is 3. The van der Waals surface area contributed by atoms with E-state index in [9.17, 15) is 10.1 Å². The Labute approximate surface area is 116 Å².